The van der Waals surface area contributed by atoms with Gasteiger partial charge in [0.15, 0.2) is 0 Å². The number of carboxylic acids is 1. The molecule has 118 valence electrons. The van der Waals surface area contributed by atoms with Crippen LogP contribution < -0.4 is 5.32 Å². The quantitative estimate of drug-likeness (QED) is 0.759. The number of aromatic nitrogens is 1. The number of aryl methyl sites for hydroxylation is 1. The number of carboxylic acid groups (broad SMARTS) is 1. The highest BCUT2D eigenvalue weighted by Crippen LogP contribution is 2.33. The van der Waals surface area contributed by atoms with E-state index in [0.717, 1.165) is 33.8 Å². The molecule has 1 amide bonds. The zero-order valence-electron chi connectivity index (χ0n) is 13.1. The van der Waals surface area contributed by atoms with Crippen LogP contribution in [0.15, 0.2) is 24.3 Å². The molecule has 3 N–H and O–H groups in total. The van der Waals surface area contributed by atoms with E-state index < -0.39 is 5.97 Å². The first-order valence-electron chi connectivity index (χ1n) is 7.49. The molecule has 2 aromatic rings. The summed E-state index contributed by atoms with van der Waals surface area (Å²) in [6, 6.07) is 7.57. The molecule has 0 saturated carbocycles. The summed E-state index contributed by atoms with van der Waals surface area (Å²) in [4.78, 5) is 26.2. The van der Waals surface area contributed by atoms with Gasteiger partial charge in [-0.05, 0) is 43.5 Å². The number of hydrogen-bond acceptors (Lipinski definition) is 2. The summed E-state index contributed by atoms with van der Waals surface area (Å²) in [7, 11) is 0. The zero-order chi connectivity index (χ0) is 16.6. The summed E-state index contributed by atoms with van der Waals surface area (Å²) in [6.07, 6.45) is 2.42. The molecule has 1 aromatic heterocycles. The fourth-order valence-electron chi connectivity index (χ4n) is 2.99. The van der Waals surface area contributed by atoms with Gasteiger partial charge in [-0.3, -0.25) is 9.59 Å². The molecule has 1 aliphatic rings. The van der Waals surface area contributed by atoms with Crippen molar-refractivity contribution in [1.82, 2.24) is 4.98 Å². The number of anilines is 1. The molecule has 0 spiro atoms. The largest absolute Gasteiger partial charge is 0.481 e. The molecule has 2 heterocycles. The number of carbonyl (C=O) groups is 2. The normalized spacial score (nSPS) is 14.9. The van der Waals surface area contributed by atoms with Crippen molar-refractivity contribution in [3.8, 4) is 0 Å². The van der Waals surface area contributed by atoms with E-state index in [2.05, 4.69) is 10.3 Å². The third-order valence-electron chi connectivity index (χ3n) is 4.22. The molecule has 1 aliphatic heterocycles. The number of aliphatic carboxylic acids is 1. The fourth-order valence-corrected chi connectivity index (χ4v) is 2.99. The number of fused-ring (bicyclic) bond motifs is 1. The second-order valence-electron chi connectivity index (χ2n) is 5.72. The molecule has 0 unspecified atom stereocenters. The van der Waals surface area contributed by atoms with E-state index in [9.17, 15) is 9.59 Å². The van der Waals surface area contributed by atoms with E-state index in [1.807, 2.05) is 44.2 Å². The van der Waals surface area contributed by atoms with E-state index in [1.165, 1.54) is 0 Å². The van der Waals surface area contributed by atoms with Crippen molar-refractivity contribution in [1.29, 1.82) is 0 Å². The van der Waals surface area contributed by atoms with Crippen LogP contribution in [0.2, 0.25) is 0 Å². The van der Waals surface area contributed by atoms with Crippen LogP contribution in [0.5, 0.6) is 0 Å². The summed E-state index contributed by atoms with van der Waals surface area (Å²) in [5, 5.41) is 11.7. The van der Waals surface area contributed by atoms with Crippen molar-refractivity contribution in [3.63, 3.8) is 0 Å². The van der Waals surface area contributed by atoms with Crippen LogP contribution in [0.3, 0.4) is 0 Å². The standard InChI is InChI=1S/C18H18N2O3/c1-10-12(7-8-17(21)22)11(2)19-16(10)9-14-13-5-3-4-6-15(13)20-18(14)23/h3-6,9,19H,7-8H2,1-2H3,(H,20,23)(H,21,22)/i9+2. The molecule has 0 saturated heterocycles. The molecular weight excluding hydrogens is 294 g/mol. The Morgan fingerprint density at radius 3 is 2.74 bits per heavy atom. The summed E-state index contributed by atoms with van der Waals surface area (Å²) in [5.74, 6) is -0.932. The molecule has 0 radical (unpaired) electrons. The van der Waals surface area contributed by atoms with Crippen LogP contribution in [0.1, 0.15) is 34.5 Å². The highest BCUT2D eigenvalue weighted by atomic mass is 16.4. The Labute approximate surface area is 134 Å². The minimum Gasteiger partial charge on any atom is -0.481 e. The molecular formula is C18H18N2O3. The van der Waals surface area contributed by atoms with Crippen molar-refractivity contribution < 1.29 is 14.7 Å². The molecule has 3 rings (SSSR count). The van der Waals surface area contributed by atoms with E-state index in [0.29, 0.717) is 12.0 Å². The van der Waals surface area contributed by atoms with Gasteiger partial charge in [0, 0.05) is 29.1 Å². The first-order valence-corrected chi connectivity index (χ1v) is 7.49. The van der Waals surface area contributed by atoms with Crippen molar-refractivity contribution >= 4 is 29.2 Å². The molecule has 23 heavy (non-hydrogen) atoms. The molecule has 5 nitrogen and oxygen atoms in total. The van der Waals surface area contributed by atoms with Gasteiger partial charge in [0.2, 0.25) is 0 Å². The molecule has 1 aromatic carbocycles. The fraction of sp³-hybridized carbons (Fsp3) is 0.222. The maximum atomic E-state index is 12.2. The van der Waals surface area contributed by atoms with Crippen LogP contribution in [-0.2, 0) is 16.0 Å². The monoisotopic (exact) mass is 312 g/mol. The molecule has 0 bridgehead atoms. The molecule has 0 fully saturated rings. The van der Waals surface area contributed by atoms with E-state index in [1.54, 1.807) is 0 Å². The van der Waals surface area contributed by atoms with Crippen LogP contribution in [0, 0.1) is 13.8 Å². The van der Waals surface area contributed by atoms with Gasteiger partial charge in [0.05, 0.1) is 5.57 Å². The number of H-pyrrole nitrogens is 1. The van der Waals surface area contributed by atoms with Gasteiger partial charge in [-0.2, -0.15) is 0 Å². The lowest BCUT2D eigenvalue weighted by Crippen LogP contribution is -2.03. The lowest BCUT2D eigenvalue weighted by Gasteiger charge is -2.00. The minimum atomic E-state index is -0.811. The third-order valence-corrected chi connectivity index (χ3v) is 4.22. The summed E-state index contributed by atoms with van der Waals surface area (Å²) in [6.45, 7) is 3.88. The van der Waals surface area contributed by atoms with Crippen molar-refractivity contribution in [2.24, 2.45) is 0 Å². The maximum absolute atomic E-state index is 12.2. The van der Waals surface area contributed by atoms with Crippen LogP contribution in [0.25, 0.3) is 11.6 Å². The predicted octanol–water partition coefficient (Wildman–Crippen LogP) is 3.14. The number of amides is 1. The Balaban J connectivity index is 1.99. The summed E-state index contributed by atoms with van der Waals surface area (Å²) < 4.78 is 0. The van der Waals surface area contributed by atoms with Gasteiger partial charge in [-0.15, -0.1) is 0 Å². The third kappa shape index (κ3) is 2.77. The molecule has 0 atom stereocenters. The topological polar surface area (TPSA) is 82.2 Å². The summed E-state index contributed by atoms with van der Waals surface area (Å²) in [5.41, 5.74) is 6.12. The van der Waals surface area contributed by atoms with Crippen molar-refractivity contribution in [2.75, 3.05) is 5.32 Å². The van der Waals surface area contributed by atoms with E-state index >= 15 is 0 Å². The molecule has 5 heteroatoms. The number of para-hydroxylation sites is 1. The smallest absolute Gasteiger partial charge is 0.303 e. The minimum absolute atomic E-state index is 0.0961. The number of nitrogens with one attached hydrogen (secondary N) is 2. The van der Waals surface area contributed by atoms with Gasteiger partial charge in [-0.25, -0.2) is 0 Å². The number of benzene rings is 1. The predicted molar refractivity (Wildman–Crippen MR) is 89.2 cm³/mol. The molecule has 0 aliphatic carbocycles. The van der Waals surface area contributed by atoms with Crippen LogP contribution in [-0.4, -0.2) is 22.0 Å². The lowest BCUT2D eigenvalue weighted by atomic mass is 10.1. The first-order chi connectivity index (χ1) is 11.0. The average molecular weight is 312 g/mol. The van der Waals surface area contributed by atoms with E-state index in [4.69, 9.17) is 5.11 Å². The highest BCUT2D eigenvalue weighted by molar-refractivity contribution is 6.34. The maximum Gasteiger partial charge on any atom is 0.303 e. The van der Waals surface area contributed by atoms with E-state index in [-0.39, 0.29) is 12.3 Å². The summed E-state index contributed by atoms with van der Waals surface area (Å²) >= 11 is 0. The number of aromatic amines is 1. The van der Waals surface area contributed by atoms with Crippen molar-refractivity contribution in [2.45, 2.75) is 26.7 Å². The highest BCUT2D eigenvalue weighted by Gasteiger charge is 2.24. The lowest BCUT2D eigenvalue weighted by molar-refractivity contribution is -0.137. The number of carbonyl (C=O) groups excluding carboxylic acids is 1. The number of hydrogen-bond donors (Lipinski definition) is 3. The van der Waals surface area contributed by atoms with Gasteiger partial charge in [0.1, 0.15) is 0 Å². The van der Waals surface area contributed by atoms with Crippen molar-refractivity contribution in [3.05, 3.63) is 52.3 Å². The number of rotatable bonds is 4. The second-order valence-corrected chi connectivity index (χ2v) is 5.72. The average Bonchev–Trinajstić information content (AvgIpc) is 2.95. The van der Waals surface area contributed by atoms with Crippen LogP contribution >= 0.6 is 0 Å². The Hall–Kier alpha value is -2.82. The van der Waals surface area contributed by atoms with Gasteiger partial charge >= 0.3 is 5.97 Å². The van der Waals surface area contributed by atoms with Crippen LogP contribution in [0.4, 0.5) is 5.69 Å². The SMILES string of the molecule is Cc1[nH]c([14CH]=C2C(=O)Nc3ccccc32)c(C)c1CCC(=O)O. The van der Waals surface area contributed by atoms with Gasteiger partial charge < -0.3 is 15.4 Å². The Morgan fingerprint density at radius 2 is 2.00 bits per heavy atom. The van der Waals surface area contributed by atoms with Gasteiger partial charge in [-0.1, -0.05) is 18.2 Å². The zero-order valence-corrected chi connectivity index (χ0v) is 13.1. The van der Waals surface area contributed by atoms with Gasteiger partial charge in [0.25, 0.3) is 5.91 Å². The second kappa shape index (κ2) is 5.76. The Kier molecular flexibility index (Phi) is 3.78. The Bertz CT molecular complexity index is 831. The first kappa shape index (κ1) is 15.1. The Morgan fingerprint density at radius 1 is 1.26 bits per heavy atom.